The van der Waals surface area contributed by atoms with E-state index in [1.807, 2.05) is 18.2 Å². The summed E-state index contributed by atoms with van der Waals surface area (Å²) in [7, 11) is 1.58. The third-order valence-electron chi connectivity index (χ3n) is 3.40. The largest absolute Gasteiger partial charge is 0.507 e. The Morgan fingerprint density at radius 3 is 2.87 bits per heavy atom. The summed E-state index contributed by atoms with van der Waals surface area (Å²) < 4.78 is 5.26. The number of phenolic OH excluding ortho intramolecular Hbond substituents is 1. The van der Waals surface area contributed by atoms with Crippen LogP contribution in [0.4, 0.5) is 0 Å². The van der Waals surface area contributed by atoms with Crippen LogP contribution in [-0.2, 0) is 0 Å². The molecule has 0 saturated heterocycles. The van der Waals surface area contributed by atoms with Crippen LogP contribution in [-0.4, -0.2) is 29.3 Å². The monoisotopic (exact) mass is 309 g/mol. The topological polar surface area (TPSA) is 86.7 Å². The van der Waals surface area contributed by atoms with Crippen LogP contribution in [0.2, 0.25) is 0 Å². The predicted octanol–water partition coefficient (Wildman–Crippen LogP) is 2.65. The summed E-state index contributed by atoms with van der Waals surface area (Å²) in [6.45, 7) is 0. The molecule has 0 saturated carbocycles. The molecule has 0 radical (unpaired) electrons. The minimum Gasteiger partial charge on any atom is -0.507 e. The lowest BCUT2D eigenvalue weighted by molar-refractivity contribution is 0.0951. The van der Waals surface area contributed by atoms with E-state index in [2.05, 4.69) is 15.5 Å². The highest BCUT2D eigenvalue weighted by molar-refractivity contribution is 6.00. The molecule has 1 amide bonds. The van der Waals surface area contributed by atoms with Gasteiger partial charge in [-0.25, -0.2) is 5.43 Å². The van der Waals surface area contributed by atoms with Gasteiger partial charge in [-0.1, -0.05) is 18.2 Å². The van der Waals surface area contributed by atoms with Crippen LogP contribution in [0.3, 0.4) is 0 Å². The second kappa shape index (κ2) is 6.23. The number of aromatic amines is 1. The number of carbonyl (C=O) groups excluding carboxylic acids is 1. The van der Waals surface area contributed by atoms with E-state index in [0.29, 0.717) is 17.0 Å². The van der Waals surface area contributed by atoms with Crippen molar-refractivity contribution in [2.75, 3.05) is 7.11 Å². The number of fused-ring (bicyclic) bond motifs is 1. The second-order valence-corrected chi connectivity index (χ2v) is 4.86. The number of phenols is 1. The molecule has 0 unspecified atom stereocenters. The number of hydrogen-bond acceptors (Lipinski definition) is 4. The molecule has 116 valence electrons. The number of ether oxygens (including phenoxy) is 1. The molecule has 0 atom stereocenters. The first-order chi connectivity index (χ1) is 11.2. The lowest BCUT2D eigenvalue weighted by atomic mass is 10.2. The van der Waals surface area contributed by atoms with Gasteiger partial charge in [-0.05, 0) is 30.3 Å². The van der Waals surface area contributed by atoms with Crippen LogP contribution in [0.5, 0.6) is 11.5 Å². The quantitative estimate of drug-likeness (QED) is 0.511. The third kappa shape index (κ3) is 3.01. The van der Waals surface area contributed by atoms with E-state index in [1.54, 1.807) is 37.4 Å². The molecular formula is C17H15N3O3. The molecule has 0 aliphatic rings. The van der Waals surface area contributed by atoms with Crippen molar-refractivity contribution in [2.45, 2.75) is 0 Å². The predicted molar refractivity (Wildman–Crippen MR) is 88.0 cm³/mol. The first-order valence-corrected chi connectivity index (χ1v) is 6.96. The Labute approximate surface area is 132 Å². The zero-order valence-corrected chi connectivity index (χ0v) is 12.4. The second-order valence-electron chi connectivity index (χ2n) is 4.86. The van der Waals surface area contributed by atoms with Crippen LogP contribution in [0.25, 0.3) is 10.9 Å². The smallest absolute Gasteiger partial charge is 0.287 e. The number of benzene rings is 2. The van der Waals surface area contributed by atoms with Crippen molar-refractivity contribution < 1.29 is 14.6 Å². The Kier molecular flexibility index (Phi) is 3.97. The maximum Gasteiger partial charge on any atom is 0.287 e. The number of amides is 1. The van der Waals surface area contributed by atoms with Gasteiger partial charge in [-0.3, -0.25) is 4.79 Å². The average molecular weight is 309 g/mol. The molecule has 23 heavy (non-hydrogen) atoms. The van der Waals surface area contributed by atoms with Gasteiger partial charge < -0.3 is 14.8 Å². The maximum atomic E-state index is 12.1. The number of hydrazone groups is 1. The molecule has 6 nitrogen and oxygen atoms in total. The molecule has 0 fully saturated rings. The number of nitrogens with zero attached hydrogens (tertiary/aromatic N) is 1. The number of nitrogens with one attached hydrogen (secondary N) is 2. The number of para-hydroxylation sites is 1. The van der Waals surface area contributed by atoms with Crippen molar-refractivity contribution >= 4 is 23.0 Å². The molecule has 3 N–H and O–H groups in total. The Bertz CT molecular complexity index is 884. The summed E-state index contributed by atoms with van der Waals surface area (Å²) >= 11 is 0. The SMILES string of the molecule is COc1cccc2[nH]c(C(=O)N/N=C/c3ccccc3O)cc12. The number of carbonyl (C=O) groups is 1. The lowest BCUT2D eigenvalue weighted by Crippen LogP contribution is -2.17. The Balaban J connectivity index is 1.77. The van der Waals surface area contributed by atoms with Gasteiger partial charge in [0.15, 0.2) is 0 Å². The fraction of sp³-hybridized carbons (Fsp3) is 0.0588. The molecule has 0 spiro atoms. The highest BCUT2D eigenvalue weighted by Crippen LogP contribution is 2.25. The minimum atomic E-state index is -0.380. The zero-order valence-electron chi connectivity index (χ0n) is 12.4. The summed E-state index contributed by atoms with van der Waals surface area (Å²) in [5.74, 6) is 0.409. The van der Waals surface area contributed by atoms with Crippen LogP contribution in [0, 0.1) is 0 Å². The summed E-state index contributed by atoms with van der Waals surface area (Å²) in [6.07, 6.45) is 1.39. The van der Waals surface area contributed by atoms with Crippen LogP contribution < -0.4 is 10.2 Å². The van der Waals surface area contributed by atoms with E-state index in [9.17, 15) is 9.90 Å². The normalized spacial score (nSPS) is 11.0. The number of H-pyrrole nitrogens is 1. The Morgan fingerprint density at radius 1 is 1.26 bits per heavy atom. The zero-order chi connectivity index (χ0) is 16.2. The van der Waals surface area contributed by atoms with Gasteiger partial charge in [0.05, 0.1) is 13.3 Å². The fourth-order valence-corrected chi connectivity index (χ4v) is 2.25. The molecule has 6 heteroatoms. The van der Waals surface area contributed by atoms with Gasteiger partial charge in [0.1, 0.15) is 17.2 Å². The Hall–Kier alpha value is -3.28. The van der Waals surface area contributed by atoms with E-state index in [1.165, 1.54) is 6.21 Å². The summed E-state index contributed by atoms with van der Waals surface area (Å²) in [5.41, 5.74) is 4.12. The van der Waals surface area contributed by atoms with Gasteiger partial charge >= 0.3 is 0 Å². The molecule has 1 heterocycles. The molecular weight excluding hydrogens is 294 g/mol. The van der Waals surface area contributed by atoms with E-state index in [-0.39, 0.29) is 11.7 Å². The maximum absolute atomic E-state index is 12.1. The molecule has 2 aromatic carbocycles. The number of rotatable bonds is 4. The number of aromatic hydroxyl groups is 1. The number of aromatic nitrogens is 1. The van der Waals surface area contributed by atoms with Gasteiger partial charge in [0, 0.05) is 16.5 Å². The molecule has 3 rings (SSSR count). The standard InChI is InChI=1S/C17H15N3O3/c1-23-16-8-4-6-13-12(16)9-14(19-13)17(22)20-18-10-11-5-2-3-7-15(11)21/h2-10,19,21H,1H3,(H,20,22)/b18-10+. The van der Waals surface area contributed by atoms with E-state index in [4.69, 9.17) is 4.74 Å². The first-order valence-electron chi connectivity index (χ1n) is 6.96. The Morgan fingerprint density at radius 2 is 2.09 bits per heavy atom. The highest BCUT2D eigenvalue weighted by Gasteiger charge is 2.11. The first kappa shape index (κ1) is 14.6. The highest BCUT2D eigenvalue weighted by atomic mass is 16.5. The molecule has 0 bridgehead atoms. The van der Waals surface area contributed by atoms with Gasteiger partial charge in [-0.15, -0.1) is 0 Å². The van der Waals surface area contributed by atoms with E-state index >= 15 is 0 Å². The van der Waals surface area contributed by atoms with Gasteiger partial charge in [0.2, 0.25) is 0 Å². The van der Waals surface area contributed by atoms with E-state index in [0.717, 1.165) is 10.9 Å². The third-order valence-corrected chi connectivity index (χ3v) is 3.40. The van der Waals surface area contributed by atoms with Crippen molar-refractivity contribution in [1.29, 1.82) is 0 Å². The van der Waals surface area contributed by atoms with Crippen LogP contribution >= 0.6 is 0 Å². The molecule has 0 aliphatic carbocycles. The summed E-state index contributed by atoms with van der Waals surface area (Å²) in [4.78, 5) is 15.1. The minimum absolute atomic E-state index is 0.0980. The fourth-order valence-electron chi connectivity index (χ4n) is 2.25. The summed E-state index contributed by atoms with van der Waals surface area (Å²) in [6, 6.07) is 14.0. The van der Waals surface area contributed by atoms with Crippen molar-refractivity contribution in [3.8, 4) is 11.5 Å². The van der Waals surface area contributed by atoms with E-state index < -0.39 is 0 Å². The van der Waals surface area contributed by atoms with Gasteiger partial charge in [0.25, 0.3) is 5.91 Å². The van der Waals surface area contributed by atoms with Crippen LogP contribution in [0.1, 0.15) is 16.1 Å². The van der Waals surface area contributed by atoms with Crippen molar-refractivity contribution in [3.63, 3.8) is 0 Å². The number of hydrogen-bond donors (Lipinski definition) is 3. The molecule has 3 aromatic rings. The summed E-state index contributed by atoms with van der Waals surface area (Å²) in [5, 5.41) is 14.3. The number of methoxy groups -OCH3 is 1. The molecule has 1 aromatic heterocycles. The van der Waals surface area contributed by atoms with Gasteiger partial charge in [-0.2, -0.15) is 5.10 Å². The van der Waals surface area contributed by atoms with Crippen molar-refractivity contribution in [2.24, 2.45) is 5.10 Å². The average Bonchev–Trinajstić information content (AvgIpc) is 3.00. The van der Waals surface area contributed by atoms with Crippen molar-refractivity contribution in [3.05, 3.63) is 59.8 Å². The van der Waals surface area contributed by atoms with Crippen LogP contribution in [0.15, 0.2) is 53.6 Å². The molecule has 0 aliphatic heterocycles. The lowest BCUT2D eigenvalue weighted by Gasteiger charge is -1.99. The van der Waals surface area contributed by atoms with Crippen molar-refractivity contribution in [1.82, 2.24) is 10.4 Å².